The zero-order valence-electron chi connectivity index (χ0n) is 7.13. The average molecular weight is 154 g/mol. The van der Waals surface area contributed by atoms with Gasteiger partial charge in [0.15, 0.2) is 0 Å². The van der Waals surface area contributed by atoms with Crippen molar-refractivity contribution in [3.05, 3.63) is 0 Å². The molecule has 64 valence electrons. The van der Waals surface area contributed by atoms with E-state index in [4.69, 9.17) is 5.84 Å². The lowest BCUT2D eigenvalue weighted by atomic mass is 9.91. The molecule has 0 aliphatic heterocycles. The van der Waals surface area contributed by atoms with E-state index >= 15 is 0 Å². The molecule has 0 amide bonds. The highest BCUT2D eigenvalue weighted by atomic mass is 15.4. The third kappa shape index (κ3) is 1.42. The second kappa shape index (κ2) is 3.11. The lowest BCUT2D eigenvalue weighted by molar-refractivity contribution is 0.0820. The summed E-state index contributed by atoms with van der Waals surface area (Å²) in [7, 11) is 0. The molecule has 0 aromatic rings. The summed E-state index contributed by atoms with van der Waals surface area (Å²) in [5.74, 6) is 6.02. The number of hydrazine groups is 1. The molecule has 0 radical (unpaired) electrons. The molecule has 0 aromatic heterocycles. The van der Waals surface area contributed by atoms with Crippen LogP contribution in [0.15, 0.2) is 0 Å². The van der Waals surface area contributed by atoms with E-state index in [1.54, 1.807) is 0 Å². The Morgan fingerprint density at radius 2 is 1.27 bits per heavy atom. The Morgan fingerprint density at radius 1 is 0.818 bits per heavy atom. The van der Waals surface area contributed by atoms with E-state index in [1.807, 2.05) is 0 Å². The minimum atomic E-state index is 0.722. The minimum absolute atomic E-state index is 0.722. The van der Waals surface area contributed by atoms with Crippen LogP contribution in [0.4, 0.5) is 0 Å². The van der Waals surface area contributed by atoms with Crippen molar-refractivity contribution in [2.24, 2.45) is 5.84 Å². The average Bonchev–Trinajstić information content (AvgIpc) is 2.32. The molecule has 2 aliphatic rings. The van der Waals surface area contributed by atoms with Crippen LogP contribution in [0.1, 0.15) is 44.9 Å². The predicted octanol–water partition coefficient (Wildman–Crippen LogP) is 1.66. The van der Waals surface area contributed by atoms with Crippen molar-refractivity contribution in [3.8, 4) is 0 Å². The summed E-state index contributed by atoms with van der Waals surface area (Å²) >= 11 is 0. The monoisotopic (exact) mass is 154 g/mol. The molecule has 2 rings (SSSR count). The van der Waals surface area contributed by atoms with Crippen molar-refractivity contribution in [3.63, 3.8) is 0 Å². The summed E-state index contributed by atoms with van der Waals surface area (Å²) in [6.07, 6.45) is 9.54. The Balaban J connectivity index is 1.82. The predicted molar refractivity (Wildman–Crippen MR) is 45.9 cm³/mol. The number of nitrogens with two attached hydrogens (primary N) is 1. The molecule has 0 heterocycles. The van der Waals surface area contributed by atoms with Gasteiger partial charge in [-0.1, -0.05) is 19.3 Å². The smallest absolute Gasteiger partial charge is 0.0244 e. The third-order valence-corrected chi connectivity index (χ3v) is 3.24. The first-order valence-corrected chi connectivity index (χ1v) is 4.91. The minimum Gasteiger partial charge on any atom is -0.268 e. The highest BCUT2D eigenvalue weighted by Gasteiger charge is 2.29. The van der Waals surface area contributed by atoms with Crippen molar-refractivity contribution in [2.45, 2.75) is 57.0 Å². The van der Waals surface area contributed by atoms with Gasteiger partial charge in [0, 0.05) is 12.1 Å². The van der Waals surface area contributed by atoms with Gasteiger partial charge in [0.1, 0.15) is 0 Å². The third-order valence-electron chi connectivity index (χ3n) is 3.24. The molecule has 0 atom stereocenters. The number of hydrogen-bond donors (Lipinski definition) is 1. The molecule has 0 saturated heterocycles. The number of nitrogens with zero attached hydrogens (tertiary/aromatic N) is 1. The first kappa shape index (κ1) is 7.56. The molecular weight excluding hydrogens is 136 g/mol. The van der Waals surface area contributed by atoms with E-state index in [-0.39, 0.29) is 0 Å². The summed E-state index contributed by atoms with van der Waals surface area (Å²) < 4.78 is 0. The van der Waals surface area contributed by atoms with E-state index in [9.17, 15) is 0 Å². The topological polar surface area (TPSA) is 29.3 Å². The van der Waals surface area contributed by atoms with E-state index in [0.29, 0.717) is 0 Å². The van der Waals surface area contributed by atoms with Gasteiger partial charge in [0.05, 0.1) is 0 Å². The molecule has 0 unspecified atom stereocenters. The Bertz CT molecular complexity index is 126. The largest absolute Gasteiger partial charge is 0.268 e. The highest BCUT2D eigenvalue weighted by Crippen LogP contribution is 2.29. The van der Waals surface area contributed by atoms with Crippen LogP contribution in [-0.4, -0.2) is 17.1 Å². The molecule has 0 spiro atoms. The lowest BCUT2D eigenvalue weighted by Crippen LogP contribution is -2.50. The summed E-state index contributed by atoms with van der Waals surface area (Å²) in [4.78, 5) is 0. The Labute approximate surface area is 68.7 Å². The van der Waals surface area contributed by atoms with E-state index in [0.717, 1.165) is 12.1 Å². The van der Waals surface area contributed by atoms with Gasteiger partial charge >= 0.3 is 0 Å². The highest BCUT2D eigenvalue weighted by molar-refractivity contribution is 4.83. The molecule has 2 nitrogen and oxygen atoms in total. The van der Waals surface area contributed by atoms with Crippen molar-refractivity contribution in [2.75, 3.05) is 0 Å². The Kier molecular flexibility index (Phi) is 2.14. The van der Waals surface area contributed by atoms with E-state index in [1.165, 1.54) is 44.9 Å². The van der Waals surface area contributed by atoms with Crippen molar-refractivity contribution < 1.29 is 0 Å². The number of rotatable bonds is 2. The van der Waals surface area contributed by atoms with Gasteiger partial charge < -0.3 is 0 Å². The number of hydrogen-bond acceptors (Lipinski definition) is 2. The van der Waals surface area contributed by atoms with Crippen molar-refractivity contribution in [1.82, 2.24) is 5.01 Å². The molecule has 2 fully saturated rings. The van der Waals surface area contributed by atoms with Crippen LogP contribution in [0.25, 0.3) is 0 Å². The summed E-state index contributed by atoms with van der Waals surface area (Å²) in [6, 6.07) is 1.46. The van der Waals surface area contributed by atoms with E-state index in [2.05, 4.69) is 5.01 Å². The maximum absolute atomic E-state index is 6.02. The molecule has 2 aliphatic carbocycles. The van der Waals surface area contributed by atoms with Gasteiger partial charge in [-0.2, -0.15) is 0 Å². The normalized spacial score (nSPS) is 27.8. The Hall–Kier alpha value is -0.0800. The summed E-state index contributed by atoms with van der Waals surface area (Å²) in [6.45, 7) is 0. The van der Waals surface area contributed by atoms with Crippen molar-refractivity contribution >= 4 is 0 Å². The van der Waals surface area contributed by atoms with E-state index < -0.39 is 0 Å². The second-order valence-corrected chi connectivity index (χ2v) is 3.97. The molecule has 0 aromatic carbocycles. The molecule has 2 N–H and O–H groups in total. The van der Waals surface area contributed by atoms with Crippen LogP contribution in [0.5, 0.6) is 0 Å². The fraction of sp³-hybridized carbons (Fsp3) is 1.00. The van der Waals surface area contributed by atoms with Crippen LogP contribution in [-0.2, 0) is 0 Å². The van der Waals surface area contributed by atoms with Gasteiger partial charge in [-0.05, 0) is 25.7 Å². The summed E-state index contributed by atoms with van der Waals surface area (Å²) in [5, 5.41) is 2.15. The van der Waals surface area contributed by atoms with Gasteiger partial charge in [-0.25, -0.2) is 5.01 Å². The molecule has 11 heavy (non-hydrogen) atoms. The lowest BCUT2D eigenvalue weighted by Gasteiger charge is -2.37. The van der Waals surface area contributed by atoms with Crippen LogP contribution in [0.2, 0.25) is 0 Å². The van der Waals surface area contributed by atoms with Crippen molar-refractivity contribution in [1.29, 1.82) is 0 Å². The quantitative estimate of drug-likeness (QED) is 0.484. The van der Waals surface area contributed by atoms with Crippen LogP contribution in [0, 0.1) is 0 Å². The van der Waals surface area contributed by atoms with Gasteiger partial charge in [-0.3, -0.25) is 5.84 Å². The fourth-order valence-corrected chi connectivity index (χ4v) is 2.19. The van der Waals surface area contributed by atoms with Gasteiger partial charge in [0.2, 0.25) is 0 Å². The molecule has 2 heteroatoms. The van der Waals surface area contributed by atoms with Crippen LogP contribution in [0.3, 0.4) is 0 Å². The maximum Gasteiger partial charge on any atom is 0.0244 e. The first-order valence-electron chi connectivity index (χ1n) is 4.91. The standard InChI is InChI=1S/C9H18N2/c10-11(9-6-3-7-9)8-4-1-2-5-8/h8-9H,1-7,10H2. The zero-order valence-corrected chi connectivity index (χ0v) is 7.13. The maximum atomic E-state index is 6.02. The summed E-state index contributed by atoms with van der Waals surface area (Å²) in [5.41, 5.74) is 0. The first-order chi connectivity index (χ1) is 5.38. The molecule has 2 saturated carbocycles. The van der Waals surface area contributed by atoms with Crippen LogP contribution < -0.4 is 5.84 Å². The van der Waals surface area contributed by atoms with Crippen LogP contribution >= 0.6 is 0 Å². The zero-order chi connectivity index (χ0) is 7.68. The fourth-order valence-electron chi connectivity index (χ4n) is 2.19. The Morgan fingerprint density at radius 3 is 1.64 bits per heavy atom. The molecule has 0 bridgehead atoms. The second-order valence-electron chi connectivity index (χ2n) is 3.97. The van der Waals surface area contributed by atoms with Gasteiger partial charge in [0.25, 0.3) is 0 Å². The van der Waals surface area contributed by atoms with Gasteiger partial charge in [-0.15, -0.1) is 0 Å². The molecular formula is C9H18N2. The SMILES string of the molecule is NN(C1CCCC1)C1CCC1.